The first-order valence-electron chi connectivity index (χ1n) is 5.39. The SMILES string of the molecule is Cc1nc(Cl)sc1S(=O)(=O)NC1CCS(=O)CC1. The van der Waals surface area contributed by atoms with Crippen molar-refractivity contribution in [1.29, 1.82) is 0 Å². The molecule has 0 saturated carbocycles. The van der Waals surface area contributed by atoms with E-state index >= 15 is 0 Å². The molecule has 0 unspecified atom stereocenters. The predicted octanol–water partition coefficient (Wildman–Crippen LogP) is 1.29. The second-order valence-electron chi connectivity index (χ2n) is 4.08. The first kappa shape index (κ1) is 14.4. The Balaban J connectivity index is 2.12. The highest BCUT2D eigenvalue weighted by Crippen LogP contribution is 2.27. The Labute approximate surface area is 117 Å². The van der Waals surface area contributed by atoms with Crippen LogP contribution < -0.4 is 4.72 Å². The van der Waals surface area contributed by atoms with Crippen molar-refractivity contribution < 1.29 is 12.6 Å². The molecule has 2 rings (SSSR count). The summed E-state index contributed by atoms with van der Waals surface area (Å²) in [5, 5.41) is 0. The van der Waals surface area contributed by atoms with Gasteiger partial charge >= 0.3 is 0 Å². The van der Waals surface area contributed by atoms with Gasteiger partial charge in [0, 0.05) is 28.3 Å². The number of thiazole rings is 1. The quantitative estimate of drug-likeness (QED) is 0.907. The third-order valence-electron chi connectivity index (χ3n) is 2.68. The molecule has 0 atom stereocenters. The molecule has 0 aliphatic carbocycles. The average molecular weight is 329 g/mol. The molecule has 0 amide bonds. The van der Waals surface area contributed by atoms with Crippen molar-refractivity contribution in [3.05, 3.63) is 10.2 Å². The number of nitrogens with zero attached hydrogens (tertiary/aromatic N) is 1. The third-order valence-corrected chi connectivity index (χ3v) is 7.46. The summed E-state index contributed by atoms with van der Waals surface area (Å²) in [6.45, 7) is 1.62. The molecule has 0 spiro atoms. The van der Waals surface area contributed by atoms with E-state index in [0.29, 0.717) is 30.0 Å². The summed E-state index contributed by atoms with van der Waals surface area (Å²) in [7, 11) is -4.36. The standard InChI is InChI=1S/C9H13ClN2O3S3/c1-6-8(16-9(10)11-6)18(14,15)12-7-2-4-17(13)5-3-7/h7,12H,2-5H2,1H3. The van der Waals surface area contributed by atoms with Crippen LogP contribution in [-0.4, -0.2) is 35.2 Å². The molecule has 2 heterocycles. The van der Waals surface area contributed by atoms with Crippen molar-refractivity contribution in [1.82, 2.24) is 9.71 Å². The molecule has 1 saturated heterocycles. The minimum atomic E-state index is -3.56. The van der Waals surface area contributed by atoms with Crippen LogP contribution in [0.2, 0.25) is 4.47 Å². The van der Waals surface area contributed by atoms with Crippen molar-refractivity contribution in [3.8, 4) is 0 Å². The van der Waals surface area contributed by atoms with Crippen LogP contribution in [0, 0.1) is 6.92 Å². The number of hydrogen-bond acceptors (Lipinski definition) is 5. The summed E-state index contributed by atoms with van der Waals surface area (Å²) < 4.78 is 38.5. The molecule has 18 heavy (non-hydrogen) atoms. The Morgan fingerprint density at radius 2 is 2.06 bits per heavy atom. The smallest absolute Gasteiger partial charge is 0.252 e. The van der Waals surface area contributed by atoms with E-state index < -0.39 is 20.8 Å². The van der Waals surface area contributed by atoms with Crippen LogP contribution in [0.1, 0.15) is 18.5 Å². The van der Waals surface area contributed by atoms with Gasteiger partial charge in [-0.15, -0.1) is 0 Å². The van der Waals surface area contributed by atoms with Crippen LogP contribution in [0.5, 0.6) is 0 Å². The maximum absolute atomic E-state index is 12.1. The lowest BCUT2D eigenvalue weighted by Gasteiger charge is -2.21. The Kier molecular flexibility index (Phi) is 4.43. The van der Waals surface area contributed by atoms with Crippen molar-refractivity contribution in [2.24, 2.45) is 0 Å². The van der Waals surface area contributed by atoms with Gasteiger partial charge in [0.25, 0.3) is 10.0 Å². The van der Waals surface area contributed by atoms with Gasteiger partial charge in [-0.25, -0.2) is 18.1 Å². The summed E-state index contributed by atoms with van der Waals surface area (Å²) in [6, 6.07) is -0.145. The van der Waals surface area contributed by atoms with Gasteiger partial charge in [-0.05, 0) is 19.8 Å². The molecule has 9 heteroatoms. The lowest BCUT2D eigenvalue weighted by Crippen LogP contribution is -2.39. The molecule has 5 nitrogen and oxygen atoms in total. The van der Waals surface area contributed by atoms with Crippen LogP contribution >= 0.6 is 22.9 Å². The molecule has 1 aromatic rings. The molecular formula is C9H13ClN2O3S3. The minimum absolute atomic E-state index is 0.145. The maximum Gasteiger partial charge on any atom is 0.252 e. The van der Waals surface area contributed by atoms with Crippen molar-refractivity contribution in [2.75, 3.05) is 11.5 Å². The van der Waals surface area contributed by atoms with Gasteiger partial charge in [-0.1, -0.05) is 22.9 Å². The summed E-state index contributed by atoms with van der Waals surface area (Å²) in [6.07, 6.45) is 1.22. The van der Waals surface area contributed by atoms with Gasteiger partial charge in [0.15, 0.2) is 8.68 Å². The first-order chi connectivity index (χ1) is 8.38. The first-order valence-corrected chi connectivity index (χ1v) is 9.55. The predicted molar refractivity (Wildman–Crippen MR) is 73.1 cm³/mol. The number of halogens is 1. The second kappa shape index (κ2) is 5.54. The topological polar surface area (TPSA) is 76.1 Å². The molecule has 102 valence electrons. The zero-order chi connectivity index (χ0) is 13.3. The third kappa shape index (κ3) is 3.30. The van der Waals surface area contributed by atoms with E-state index in [2.05, 4.69) is 9.71 Å². The minimum Gasteiger partial charge on any atom is -0.260 e. The van der Waals surface area contributed by atoms with E-state index in [1.54, 1.807) is 6.92 Å². The number of sulfonamides is 1. The fourth-order valence-electron chi connectivity index (χ4n) is 1.78. The largest absolute Gasteiger partial charge is 0.260 e. The molecule has 1 fully saturated rings. The molecule has 1 aromatic heterocycles. The fraction of sp³-hybridized carbons (Fsp3) is 0.667. The highest BCUT2D eigenvalue weighted by Gasteiger charge is 2.27. The molecule has 0 radical (unpaired) electrons. The second-order valence-corrected chi connectivity index (χ2v) is 9.27. The number of aryl methyl sites for hydroxylation is 1. The summed E-state index contributed by atoms with van der Waals surface area (Å²) in [5.74, 6) is 1.10. The Bertz CT molecular complexity index is 560. The van der Waals surface area contributed by atoms with Gasteiger partial charge in [0.05, 0.1) is 5.69 Å². The zero-order valence-corrected chi connectivity index (χ0v) is 12.9. The van der Waals surface area contributed by atoms with Crippen molar-refractivity contribution >= 4 is 43.8 Å². The zero-order valence-electron chi connectivity index (χ0n) is 9.68. The van der Waals surface area contributed by atoms with Gasteiger partial charge < -0.3 is 0 Å². The molecule has 0 aromatic carbocycles. The molecule has 1 N–H and O–H groups in total. The monoisotopic (exact) mass is 328 g/mol. The van der Waals surface area contributed by atoms with Gasteiger partial charge in [-0.2, -0.15) is 0 Å². The number of hydrogen-bond donors (Lipinski definition) is 1. The summed E-state index contributed by atoms with van der Waals surface area (Å²) >= 11 is 6.66. The Morgan fingerprint density at radius 3 is 2.56 bits per heavy atom. The number of aromatic nitrogens is 1. The molecule has 1 aliphatic rings. The van der Waals surface area contributed by atoms with Gasteiger partial charge in [0.1, 0.15) is 0 Å². The van der Waals surface area contributed by atoms with Crippen LogP contribution in [-0.2, 0) is 20.8 Å². The van der Waals surface area contributed by atoms with E-state index in [9.17, 15) is 12.6 Å². The number of nitrogens with one attached hydrogen (secondary N) is 1. The van der Waals surface area contributed by atoms with Crippen LogP contribution in [0.25, 0.3) is 0 Å². The highest BCUT2D eigenvalue weighted by atomic mass is 35.5. The van der Waals surface area contributed by atoms with Crippen LogP contribution in [0.15, 0.2) is 4.21 Å². The van der Waals surface area contributed by atoms with Crippen LogP contribution in [0.3, 0.4) is 0 Å². The summed E-state index contributed by atoms with van der Waals surface area (Å²) in [4.78, 5) is 3.90. The number of rotatable bonds is 3. The van der Waals surface area contributed by atoms with E-state index in [1.807, 2.05) is 0 Å². The normalized spacial score (nSPS) is 25.2. The lowest BCUT2D eigenvalue weighted by atomic mass is 10.2. The van der Waals surface area contributed by atoms with E-state index in [1.165, 1.54) is 0 Å². The lowest BCUT2D eigenvalue weighted by molar-refractivity contribution is 0.522. The van der Waals surface area contributed by atoms with E-state index in [0.717, 1.165) is 11.3 Å². The maximum atomic E-state index is 12.1. The van der Waals surface area contributed by atoms with Crippen molar-refractivity contribution in [2.45, 2.75) is 30.0 Å². The molecular weight excluding hydrogens is 316 g/mol. The van der Waals surface area contributed by atoms with E-state index in [-0.39, 0.29) is 14.7 Å². The Morgan fingerprint density at radius 1 is 1.44 bits per heavy atom. The molecule has 0 bridgehead atoms. The van der Waals surface area contributed by atoms with Crippen molar-refractivity contribution in [3.63, 3.8) is 0 Å². The average Bonchev–Trinajstić information content (AvgIpc) is 2.62. The van der Waals surface area contributed by atoms with Gasteiger partial charge in [-0.3, -0.25) is 4.21 Å². The highest BCUT2D eigenvalue weighted by molar-refractivity contribution is 7.91. The van der Waals surface area contributed by atoms with E-state index in [4.69, 9.17) is 11.6 Å². The fourth-order valence-corrected chi connectivity index (χ4v) is 6.14. The summed E-state index contributed by atoms with van der Waals surface area (Å²) in [5.41, 5.74) is 0.414. The Hall–Kier alpha value is -0.0200. The molecule has 1 aliphatic heterocycles. The van der Waals surface area contributed by atoms with Gasteiger partial charge in [0.2, 0.25) is 0 Å². The van der Waals surface area contributed by atoms with Crippen LogP contribution in [0.4, 0.5) is 0 Å².